The van der Waals surface area contributed by atoms with Crippen LogP contribution in [0.3, 0.4) is 0 Å². The number of hydrogen-bond acceptors (Lipinski definition) is 3. The number of thioether (sulfide) groups is 1. The smallest absolute Gasteiger partial charge is 0.338 e. The molecule has 0 atom stereocenters. The van der Waals surface area contributed by atoms with E-state index in [0.717, 1.165) is 5.75 Å². The maximum atomic E-state index is 11.7. The highest BCUT2D eigenvalue weighted by atomic mass is 32.2. The molecule has 0 heterocycles. The third-order valence-electron chi connectivity index (χ3n) is 2.22. The number of rotatable bonds is 6. The van der Waals surface area contributed by atoms with Gasteiger partial charge in [-0.15, -0.1) is 11.8 Å². The van der Waals surface area contributed by atoms with Crippen LogP contribution in [-0.4, -0.2) is 18.3 Å². The summed E-state index contributed by atoms with van der Waals surface area (Å²) >= 11 is 1.82. The lowest BCUT2D eigenvalue weighted by Crippen LogP contribution is -2.09. The number of carbonyl (C=O) groups is 1. The van der Waals surface area contributed by atoms with Gasteiger partial charge >= 0.3 is 5.97 Å². The highest BCUT2D eigenvalue weighted by molar-refractivity contribution is 7.99. The molecule has 0 saturated carbocycles. The van der Waals surface area contributed by atoms with Gasteiger partial charge in [0.25, 0.3) is 0 Å². The summed E-state index contributed by atoms with van der Waals surface area (Å²) in [6.07, 6.45) is 0. The Balaban J connectivity index is 2.51. The topological polar surface area (TPSA) is 26.3 Å². The average molecular weight is 266 g/mol. The van der Waals surface area contributed by atoms with Gasteiger partial charge in [0, 0.05) is 10.6 Å². The summed E-state index contributed by atoms with van der Waals surface area (Å²) in [5.74, 6) is 1.90. The Morgan fingerprint density at radius 1 is 1.11 bits per heavy atom. The number of hydrogen-bond donors (Lipinski definition) is 0. The van der Waals surface area contributed by atoms with E-state index in [2.05, 4.69) is 13.8 Å². The van der Waals surface area contributed by atoms with E-state index in [4.69, 9.17) is 4.74 Å². The predicted octanol–water partition coefficient (Wildman–Crippen LogP) is 4.25. The molecular formula is C15H22O2S. The molecular weight excluding hydrogens is 244 g/mol. The first-order valence-electron chi connectivity index (χ1n) is 6.39. The monoisotopic (exact) mass is 266 g/mol. The lowest BCUT2D eigenvalue weighted by Gasteiger charge is -2.08. The third-order valence-corrected chi connectivity index (χ3v) is 3.66. The zero-order valence-electron chi connectivity index (χ0n) is 11.6. The van der Waals surface area contributed by atoms with Crippen molar-refractivity contribution < 1.29 is 9.53 Å². The first-order chi connectivity index (χ1) is 8.49. The Kier molecular flexibility index (Phi) is 6.27. The molecule has 0 amide bonds. The molecule has 1 aromatic carbocycles. The number of ether oxygens (including phenoxy) is 1. The Morgan fingerprint density at radius 2 is 1.72 bits per heavy atom. The van der Waals surface area contributed by atoms with Gasteiger partial charge in [-0.05, 0) is 36.1 Å². The minimum atomic E-state index is -0.232. The van der Waals surface area contributed by atoms with E-state index in [1.807, 2.05) is 49.9 Å². The van der Waals surface area contributed by atoms with Crippen molar-refractivity contribution in [1.29, 1.82) is 0 Å². The largest absolute Gasteiger partial charge is 0.462 e. The second-order valence-corrected chi connectivity index (χ2v) is 6.31. The van der Waals surface area contributed by atoms with Crippen LogP contribution < -0.4 is 0 Å². The van der Waals surface area contributed by atoms with Gasteiger partial charge in [0.2, 0.25) is 0 Å². The van der Waals surface area contributed by atoms with Crippen molar-refractivity contribution in [2.45, 2.75) is 32.6 Å². The maximum absolute atomic E-state index is 11.7. The van der Waals surface area contributed by atoms with E-state index >= 15 is 0 Å². The first kappa shape index (κ1) is 15.1. The van der Waals surface area contributed by atoms with E-state index < -0.39 is 0 Å². The molecule has 0 radical (unpaired) electrons. The maximum Gasteiger partial charge on any atom is 0.338 e. The van der Waals surface area contributed by atoms with Gasteiger partial charge in [0.1, 0.15) is 0 Å². The molecule has 0 aliphatic carbocycles. The fraction of sp³-hybridized carbons (Fsp3) is 0.533. The molecule has 0 N–H and O–H groups in total. The van der Waals surface area contributed by atoms with Crippen LogP contribution in [0.25, 0.3) is 0 Å². The molecule has 0 spiro atoms. The number of esters is 1. The fourth-order valence-corrected chi connectivity index (χ4v) is 2.13. The molecule has 0 aliphatic rings. The van der Waals surface area contributed by atoms with E-state index in [1.165, 1.54) is 4.90 Å². The minimum absolute atomic E-state index is 0.232. The van der Waals surface area contributed by atoms with E-state index in [-0.39, 0.29) is 5.97 Å². The second-order valence-electron chi connectivity index (χ2n) is 5.22. The van der Waals surface area contributed by atoms with Crippen molar-refractivity contribution in [3.63, 3.8) is 0 Å². The third kappa shape index (κ3) is 5.58. The van der Waals surface area contributed by atoms with E-state index in [0.29, 0.717) is 24.0 Å². The second kappa shape index (κ2) is 7.47. The summed E-state index contributed by atoms with van der Waals surface area (Å²) in [4.78, 5) is 12.9. The summed E-state index contributed by atoms with van der Waals surface area (Å²) in [5, 5.41) is 0. The van der Waals surface area contributed by atoms with Crippen LogP contribution in [0.2, 0.25) is 0 Å². The van der Waals surface area contributed by atoms with Crippen LogP contribution >= 0.6 is 11.8 Å². The molecule has 100 valence electrons. The summed E-state index contributed by atoms with van der Waals surface area (Å²) < 4.78 is 5.18. The molecule has 0 unspecified atom stereocenters. The Morgan fingerprint density at radius 3 is 2.22 bits per heavy atom. The molecule has 1 rings (SSSR count). The van der Waals surface area contributed by atoms with E-state index in [1.54, 1.807) is 0 Å². The molecule has 0 aliphatic heterocycles. The van der Waals surface area contributed by atoms with Crippen LogP contribution in [0, 0.1) is 11.8 Å². The van der Waals surface area contributed by atoms with Gasteiger partial charge in [-0.1, -0.05) is 27.7 Å². The van der Waals surface area contributed by atoms with Crippen LogP contribution in [0.4, 0.5) is 0 Å². The first-order valence-corrected chi connectivity index (χ1v) is 7.37. The van der Waals surface area contributed by atoms with Crippen LogP contribution in [0.5, 0.6) is 0 Å². The average Bonchev–Trinajstić information content (AvgIpc) is 2.34. The lowest BCUT2D eigenvalue weighted by atomic mass is 10.2. The zero-order chi connectivity index (χ0) is 13.5. The molecule has 0 bridgehead atoms. The summed E-state index contributed by atoms with van der Waals surface area (Å²) in [6.45, 7) is 8.93. The summed E-state index contributed by atoms with van der Waals surface area (Å²) in [5.41, 5.74) is 0.629. The van der Waals surface area contributed by atoms with Gasteiger partial charge in [-0.3, -0.25) is 0 Å². The Bertz CT molecular complexity index is 369. The fourth-order valence-electron chi connectivity index (χ4n) is 1.28. The van der Waals surface area contributed by atoms with Gasteiger partial charge in [-0.2, -0.15) is 0 Å². The van der Waals surface area contributed by atoms with Crippen LogP contribution in [-0.2, 0) is 4.74 Å². The van der Waals surface area contributed by atoms with Crippen molar-refractivity contribution in [3.8, 4) is 0 Å². The van der Waals surface area contributed by atoms with Crippen molar-refractivity contribution in [2.75, 3.05) is 12.4 Å². The number of benzene rings is 1. The quantitative estimate of drug-likeness (QED) is 0.569. The molecule has 0 saturated heterocycles. The van der Waals surface area contributed by atoms with E-state index in [9.17, 15) is 4.79 Å². The summed E-state index contributed by atoms with van der Waals surface area (Å²) in [6, 6.07) is 7.65. The lowest BCUT2D eigenvalue weighted by molar-refractivity contribution is 0.0459. The highest BCUT2D eigenvalue weighted by Gasteiger charge is 2.08. The van der Waals surface area contributed by atoms with Gasteiger partial charge in [-0.25, -0.2) is 4.79 Å². The van der Waals surface area contributed by atoms with Crippen molar-refractivity contribution in [3.05, 3.63) is 29.8 Å². The molecule has 0 fully saturated rings. The molecule has 2 nitrogen and oxygen atoms in total. The molecule has 18 heavy (non-hydrogen) atoms. The predicted molar refractivity (Wildman–Crippen MR) is 77.1 cm³/mol. The van der Waals surface area contributed by atoms with Crippen molar-refractivity contribution >= 4 is 17.7 Å². The minimum Gasteiger partial charge on any atom is -0.462 e. The van der Waals surface area contributed by atoms with Gasteiger partial charge in [0.05, 0.1) is 12.2 Å². The molecule has 1 aromatic rings. The van der Waals surface area contributed by atoms with Crippen molar-refractivity contribution in [2.24, 2.45) is 11.8 Å². The van der Waals surface area contributed by atoms with Gasteiger partial charge in [0.15, 0.2) is 0 Å². The standard InChI is InChI=1S/C15H22O2S/c1-11(2)9-17-15(16)13-5-7-14(8-6-13)18-10-12(3)4/h5-8,11-12H,9-10H2,1-4H3. The highest BCUT2D eigenvalue weighted by Crippen LogP contribution is 2.21. The molecule has 3 heteroatoms. The van der Waals surface area contributed by atoms with Crippen LogP contribution in [0.15, 0.2) is 29.2 Å². The van der Waals surface area contributed by atoms with Gasteiger partial charge < -0.3 is 4.74 Å². The SMILES string of the molecule is CC(C)COC(=O)c1ccc(SCC(C)C)cc1. The zero-order valence-corrected chi connectivity index (χ0v) is 12.4. The van der Waals surface area contributed by atoms with Crippen LogP contribution in [0.1, 0.15) is 38.1 Å². The summed E-state index contributed by atoms with van der Waals surface area (Å²) in [7, 11) is 0. The number of carbonyl (C=O) groups excluding carboxylic acids is 1. The normalized spacial score (nSPS) is 11.0. The van der Waals surface area contributed by atoms with Crippen molar-refractivity contribution in [1.82, 2.24) is 0 Å². The Hall–Kier alpha value is -0.960. The Labute approximate surface area is 114 Å². The molecule has 0 aromatic heterocycles.